The first-order chi connectivity index (χ1) is 11.2. The number of rotatable bonds is 6. The van der Waals surface area contributed by atoms with Crippen molar-refractivity contribution < 1.29 is 4.79 Å². The predicted molar refractivity (Wildman–Crippen MR) is 93.7 cm³/mol. The molecule has 0 aliphatic carbocycles. The van der Waals surface area contributed by atoms with Gasteiger partial charge in [0, 0.05) is 24.5 Å². The van der Waals surface area contributed by atoms with Crippen molar-refractivity contribution in [3.8, 4) is 0 Å². The number of hydrogen-bond donors (Lipinski definition) is 0. The Morgan fingerprint density at radius 1 is 1.52 bits per heavy atom. The van der Waals surface area contributed by atoms with E-state index in [1.165, 1.54) is 23.1 Å². The third kappa shape index (κ3) is 4.57. The van der Waals surface area contributed by atoms with Crippen molar-refractivity contribution >= 4 is 29.0 Å². The Morgan fingerprint density at radius 3 is 3.22 bits per heavy atom. The molecule has 0 aromatic carbocycles. The highest BCUT2D eigenvalue weighted by Gasteiger charge is 2.21. The fraction of sp³-hybridized carbons (Fsp3) is 0.562. The number of aryl methyl sites for hydroxylation is 2. The number of aromatic nitrogens is 3. The van der Waals surface area contributed by atoms with E-state index >= 15 is 0 Å². The maximum absolute atomic E-state index is 12.3. The molecule has 1 saturated heterocycles. The first-order valence-electron chi connectivity index (χ1n) is 8.03. The Balaban J connectivity index is 1.50. The minimum absolute atomic E-state index is 0.217. The topological polar surface area (TPSA) is 51.0 Å². The van der Waals surface area contributed by atoms with Crippen molar-refractivity contribution in [3.63, 3.8) is 0 Å². The second-order valence-electron chi connectivity index (χ2n) is 6.01. The Hall–Kier alpha value is -1.34. The molecule has 2 aromatic rings. The van der Waals surface area contributed by atoms with Crippen LogP contribution in [0.4, 0.5) is 0 Å². The molecule has 7 heteroatoms. The molecule has 2 aromatic heterocycles. The number of amides is 1. The van der Waals surface area contributed by atoms with Crippen LogP contribution < -0.4 is 0 Å². The molecule has 1 fully saturated rings. The van der Waals surface area contributed by atoms with Gasteiger partial charge < -0.3 is 9.47 Å². The average Bonchev–Trinajstić information content (AvgIpc) is 3.22. The summed E-state index contributed by atoms with van der Waals surface area (Å²) in [5.41, 5.74) is 0. The standard InChI is InChI=1S/C16H22N4OS2/c1-13-4-2-7-19(10-13)15(21)11-23-16-18-17-12-20(16)8-6-14-5-3-9-22-14/h3,5,9,12-13H,2,4,6-8,10-11H2,1H3. The summed E-state index contributed by atoms with van der Waals surface area (Å²) in [5, 5.41) is 11.1. The number of carbonyl (C=O) groups excluding carboxylic acids is 1. The van der Waals surface area contributed by atoms with Gasteiger partial charge in [-0.05, 0) is 36.6 Å². The second kappa shape index (κ2) is 7.97. The van der Waals surface area contributed by atoms with Crippen molar-refractivity contribution in [1.82, 2.24) is 19.7 Å². The fourth-order valence-corrected chi connectivity index (χ4v) is 4.37. The summed E-state index contributed by atoms with van der Waals surface area (Å²) in [6.07, 6.45) is 5.08. The van der Waals surface area contributed by atoms with Gasteiger partial charge in [-0.25, -0.2) is 0 Å². The summed E-state index contributed by atoms with van der Waals surface area (Å²) in [5.74, 6) is 1.28. The van der Waals surface area contributed by atoms with Crippen LogP contribution in [-0.2, 0) is 17.8 Å². The summed E-state index contributed by atoms with van der Waals surface area (Å²) >= 11 is 3.26. The summed E-state index contributed by atoms with van der Waals surface area (Å²) < 4.78 is 2.04. The Kier molecular flexibility index (Phi) is 5.72. The van der Waals surface area contributed by atoms with Crippen LogP contribution in [0.15, 0.2) is 29.0 Å². The zero-order valence-electron chi connectivity index (χ0n) is 13.4. The van der Waals surface area contributed by atoms with Crippen LogP contribution in [0, 0.1) is 5.92 Å². The molecule has 3 heterocycles. The van der Waals surface area contributed by atoms with Crippen LogP contribution in [0.5, 0.6) is 0 Å². The lowest BCUT2D eigenvalue weighted by Gasteiger charge is -2.30. The van der Waals surface area contributed by atoms with Gasteiger partial charge in [0.2, 0.25) is 5.91 Å². The number of carbonyl (C=O) groups is 1. The lowest BCUT2D eigenvalue weighted by molar-refractivity contribution is -0.130. The maximum Gasteiger partial charge on any atom is 0.233 e. The Labute approximate surface area is 145 Å². The van der Waals surface area contributed by atoms with Gasteiger partial charge in [0.1, 0.15) is 6.33 Å². The van der Waals surface area contributed by atoms with Gasteiger partial charge in [0.05, 0.1) is 5.75 Å². The van der Waals surface area contributed by atoms with Gasteiger partial charge in [0.15, 0.2) is 5.16 Å². The van der Waals surface area contributed by atoms with Crippen molar-refractivity contribution in [2.24, 2.45) is 5.92 Å². The molecule has 1 unspecified atom stereocenters. The summed E-state index contributed by atoms with van der Waals surface area (Å²) in [6.45, 7) is 4.86. The minimum Gasteiger partial charge on any atom is -0.342 e. The van der Waals surface area contributed by atoms with Gasteiger partial charge in [-0.1, -0.05) is 24.8 Å². The summed E-state index contributed by atoms with van der Waals surface area (Å²) in [6, 6.07) is 4.21. The van der Waals surface area contributed by atoms with E-state index < -0.39 is 0 Å². The molecule has 1 aliphatic rings. The maximum atomic E-state index is 12.3. The molecular formula is C16H22N4OS2. The molecule has 0 N–H and O–H groups in total. The normalized spacial score (nSPS) is 18.3. The molecule has 0 spiro atoms. The largest absolute Gasteiger partial charge is 0.342 e. The molecular weight excluding hydrogens is 328 g/mol. The van der Waals surface area contributed by atoms with E-state index in [1.54, 1.807) is 17.7 Å². The van der Waals surface area contributed by atoms with Crippen LogP contribution in [0.2, 0.25) is 0 Å². The number of thiophene rings is 1. The lowest BCUT2D eigenvalue weighted by atomic mass is 10.0. The molecule has 124 valence electrons. The van der Waals surface area contributed by atoms with Crippen molar-refractivity contribution in [3.05, 3.63) is 28.7 Å². The molecule has 1 amide bonds. The first kappa shape index (κ1) is 16.5. The number of hydrogen-bond acceptors (Lipinski definition) is 5. The minimum atomic E-state index is 0.217. The highest BCUT2D eigenvalue weighted by Crippen LogP contribution is 2.20. The summed E-state index contributed by atoms with van der Waals surface area (Å²) in [4.78, 5) is 15.7. The monoisotopic (exact) mass is 350 g/mol. The summed E-state index contributed by atoms with van der Waals surface area (Å²) in [7, 11) is 0. The second-order valence-corrected chi connectivity index (χ2v) is 7.99. The number of nitrogens with zero attached hydrogens (tertiary/aromatic N) is 4. The van der Waals surface area contributed by atoms with Crippen LogP contribution in [-0.4, -0.2) is 44.4 Å². The molecule has 0 saturated carbocycles. The van der Waals surface area contributed by atoms with Crippen LogP contribution >= 0.6 is 23.1 Å². The Morgan fingerprint density at radius 2 is 2.43 bits per heavy atom. The van der Waals surface area contributed by atoms with Gasteiger partial charge in [-0.15, -0.1) is 21.5 Å². The lowest BCUT2D eigenvalue weighted by Crippen LogP contribution is -2.40. The molecule has 0 bridgehead atoms. The van der Waals surface area contributed by atoms with Gasteiger partial charge >= 0.3 is 0 Å². The average molecular weight is 351 g/mol. The SMILES string of the molecule is CC1CCCN(C(=O)CSc2nncn2CCc2cccs2)C1. The fourth-order valence-electron chi connectivity index (χ4n) is 2.83. The van der Waals surface area contributed by atoms with E-state index in [1.807, 2.05) is 9.47 Å². The third-order valence-electron chi connectivity index (χ3n) is 4.09. The third-order valence-corrected chi connectivity index (χ3v) is 6.00. The van der Waals surface area contributed by atoms with E-state index in [4.69, 9.17) is 0 Å². The first-order valence-corrected chi connectivity index (χ1v) is 9.89. The van der Waals surface area contributed by atoms with E-state index in [0.717, 1.165) is 37.6 Å². The zero-order chi connectivity index (χ0) is 16.1. The zero-order valence-corrected chi connectivity index (χ0v) is 15.0. The van der Waals surface area contributed by atoms with Crippen molar-refractivity contribution in [1.29, 1.82) is 0 Å². The smallest absolute Gasteiger partial charge is 0.233 e. The van der Waals surface area contributed by atoms with Crippen LogP contribution in [0.25, 0.3) is 0 Å². The molecule has 1 aliphatic heterocycles. The number of thioether (sulfide) groups is 1. The molecule has 23 heavy (non-hydrogen) atoms. The van der Waals surface area contributed by atoms with E-state index in [-0.39, 0.29) is 5.91 Å². The van der Waals surface area contributed by atoms with Crippen molar-refractivity contribution in [2.45, 2.75) is 37.9 Å². The predicted octanol–water partition coefficient (Wildman–Crippen LogP) is 2.93. The van der Waals surface area contributed by atoms with Gasteiger partial charge in [-0.3, -0.25) is 4.79 Å². The molecule has 1 atom stereocenters. The number of likely N-dealkylation sites (tertiary alicyclic amines) is 1. The molecule has 5 nitrogen and oxygen atoms in total. The van der Waals surface area contributed by atoms with Crippen LogP contribution in [0.1, 0.15) is 24.6 Å². The van der Waals surface area contributed by atoms with E-state index in [0.29, 0.717) is 11.7 Å². The number of piperidine rings is 1. The van der Waals surface area contributed by atoms with Gasteiger partial charge in [-0.2, -0.15) is 0 Å². The van der Waals surface area contributed by atoms with Crippen molar-refractivity contribution in [2.75, 3.05) is 18.8 Å². The van der Waals surface area contributed by atoms with Gasteiger partial charge in [0.25, 0.3) is 0 Å². The highest BCUT2D eigenvalue weighted by atomic mass is 32.2. The molecule has 3 rings (SSSR count). The highest BCUT2D eigenvalue weighted by molar-refractivity contribution is 7.99. The Bertz CT molecular complexity index is 626. The van der Waals surface area contributed by atoms with Crippen LogP contribution in [0.3, 0.4) is 0 Å². The van der Waals surface area contributed by atoms with E-state index in [2.05, 4.69) is 34.6 Å². The quantitative estimate of drug-likeness (QED) is 0.752. The van der Waals surface area contributed by atoms with E-state index in [9.17, 15) is 4.79 Å². The molecule has 0 radical (unpaired) electrons.